The molecule has 1 N–H and O–H groups in total. The molecule has 0 aromatic heterocycles. The van der Waals surface area contributed by atoms with E-state index in [1.165, 1.54) is 0 Å². The molecule has 0 amide bonds. The van der Waals surface area contributed by atoms with Gasteiger partial charge in [-0.1, -0.05) is 43.3 Å². The minimum atomic E-state index is -0.823. The average Bonchev–Trinajstić information content (AvgIpc) is 2.18. The Labute approximate surface area is 83.9 Å². The van der Waals surface area contributed by atoms with Crippen LogP contribution in [0, 0.1) is 0 Å². The molecule has 0 saturated carbocycles. The second-order valence-electron chi connectivity index (χ2n) is 3.11. The van der Waals surface area contributed by atoms with E-state index in [0.29, 0.717) is 12.0 Å². The summed E-state index contributed by atoms with van der Waals surface area (Å²) in [5.74, 6) is -0.823. The highest BCUT2D eigenvalue weighted by atomic mass is 16.4. The Morgan fingerprint density at radius 1 is 1.36 bits per heavy atom. The average molecular weight is 190 g/mol. The number of carboxylic acid groups (broad SMARTS) is 1. The summed E-state index contributed by atoms with van der Waals surface area (Å²) in [4.78, 5) is 10.8. The van der Waals surface area contributed by atoms with Crippen LogP contribution in [0.15, 0.2) is 42.0 Å². The van der Waals surface area contributed by atoms with E-state index in [4.69, 9.17) is 5.11 Å². The standard InChI is InChI=1S/C12H14O2/c1-2-6-11(12(13)14)9-10-7-4-3-5-8-10/h3-8H,2,9H2,1H3,(H,13,14)/b11-6+. The second kappa shape index (κ2) is 5.22. The van der Waals surface area contributed by atoms with Crippen molar-refractivity contribution in [1.82, 2.24) is 0 Å². The van der Waals surface area contributed by atoms with Crippen LogP contribution in [-0.4, -0.2) is 11.1 Å². The van der Waals surface area contributed by atoms with Crippen molar-refractivity contribution in [3.63, 3.8) is 0 Å². The van der Waals surface area contributed by atoms with Gasteiger partial charge in [0.1, 0.15) is 0 Å². The quantitative estimate of drug-likeness (QED) is 0.741. The Kier molecular flexibility index (Phi) is 3.92. The zero-order valence-electron chi connectivity index (χ0n) is 8.23. The summed E-state index contributed by atoms with van der Waals surface area (Å²) >= 11 is 0. The third kappa shape index (κ3) is 3.05. The maximum absolute atomic E-state index is 10.8. The summed E-state index contributed by atoms with van der Waals surface area (Å²) in [6, 6.07) is 9.63. The van der Waals surface area contributed by atoms with Crippen LogP contribution in [0.2, 0.25) is 0 Å². The van der Waals surface area contributed by atoms with E-state index < -0.39 is 5.97 Å². The fraction of sp³-hybridized carbons (Fsp3) is 0.250. The molecule has 1 aromatic rings. The van der Waals surface area contributed by atoms with Gasteiger partial charge in [0.05, 0.1) is 0 Å². The van der Waals surface area contributed by atoms with Crippen molar-refractivity contribution in [2.75, 3.05) is 0 Å². The highest BCUT2D eigenvalue weighted by molar-refractivity contribution is 5.87. The third-order valence-corrected chi connectivity index (χ3v) is 1.96. The van der Waals surface area contributed by atoms with Gasteiger partial charge in [0.25, 0.3) is 0 Å². The van der Waals surface area contributed by atoms with Gasteiger partial charge in [-0.15, -0.1) is 0 Å². The van der Waals surface area contributed by atoms with E-state index >= 15 is 0 Å². The maximum Gasteiger partial charge on any atom is 0.331 e. The first-order chi connectivity index (χ1) is 6.74. The van der Waals surface area contributed by atoms with Crippen LogP contribution < -0.4 is 0 Å². The molecule has 0 aliphatic heterocycles. The molecule has 0 bridgehead atoms. The van der Waals surface area contributed by atoms with Crippen molar-refractivity contribution >= 4 is 5.97 Å². The summed E-state index contributed by atoms with van der Waals surface area (Å²) in [5, 5.41) is 8.90. The molecule has 0 heterocycles. The molecular formula is C12H14O2. The fourth-order valence-electron chi connectivity index (χ4n) is 1.30. The second-order valence-corrected chi connectivity index (χ2v) is 3.11. The van der Waals surface area contributed by atoms with Gasteiger partial charge >= 0.3 is 5.97 Å². The smallest absolute Gasteiger partial charge is 0.331 e. The summed E-state index contributed by atoms with van der Waals surface area (Å²) in [5.41, 5.74) is 1.51. The number of rotatable bonds is 4. The van der Waals surface area contributed by atoms with Gasteiger partial charge in [-0.05, 0) is 12.0 Å². The monoisotopic (exact) mass is 190 g/mol. The van der Waals surface area contributed by atoms with Crippen LogP contribution in [0.25, 0.3) is 0 Å². The molecule has 1 rings (SSSR count). The molecule has 14 heavy (non-hydrogen) atoms. The topological polar surface area (TPSA) is 37.3 Å². The van der Waals surface area contributed by atoms with Crippen LogP contribution in [-0.2, 0) is 11.2 Å². The normalized spacial score (nSPS) is 11.4. The predicted molar refractivity (Wildman–Crippen MR) is 56.2 cm³/mol. The maximum atomic E-state index is 10.8. The molecule has 0 unspecified atom stereocenters. The zero-order chi connectivity index (χ0) is 10.4. The van der Waals surface area contributed by atoms with Gasteiger partial charge in [-0.25, -0.2) is 4.79 Å². The number of aliphatic carboxylic acids is 1. The first kappa shape index (κ1) is 10.5. The van der Waals surface area contributed by atoms with E-state index in [1.807, 2.05) is 37.3 Å². The summed E-state index contributed by atoms with van der Waals surface area (Å²) < 4.78 is 0. The van der Waals surface area contributed by atoms with Crippen LogP contribution in [0.4, 0.5) is 0 Å². The number of carboxylic acids is 1. The van der Waals surface area contributed by atoms with Crippen LogP contribution >= 0.6 is 0 Å². The number of allylic oxidation sites excluding steroid dienone is 1. The molecule has 2 heteroatoms. The largest absolute Gasteiger partial charge is 0.478 e. The Morgan fingerprint density at radius 2 is 2.00 bits per heavy atom. The number of hydrogen-bond donors (Lipinski definition) is 1. The Hall–Kier alpha value is -1.57. The van der Waals surface area contributed by atoms with E-state index in [0.717, 1.165) is 12.0 Å². The van der Waals surface area contributed by atoms with Crippen molar-refractivity contribution in [3.8, 4) is 0 Å². The Bertz CT molecular complexity index is 325. The summed E-state index contributed by atoms with van der Waals surface area (Å²) in [6.45, 7) is 1.94. The highest BCUT2D eigenvalue weighted by Gasteiger charge is 2.06. The molecule has 0 atom stereocenters. The van der Waals surface area contributed by atoms with E-state index in [2.05, 4.69) is 0 Å². The molecule has 1 aromatic carbocycles. The van der Waals surface area contributed by atoms with Crippen molar-refractivity contribution in [1.29, 1.82) is 0 Å². The summed E-state index contributed by atoms with van der Waals surface area (Å²) in [7, 11) is 0. The van der Waals surface area contributed by atoms with Crippen molar-refractivity contribution in [3.05, 3.63) is 47.5 Å². The minimum absolute atomic E-state index is 0.471. The molecule has 0 radical (unpaired) electrons. The lowest BCUT2D eigenvalue weighted by molar-refractivity contribution is -0.132. The summed E-state index contributed by atoms with van der Waals surface area (Å²) in [6.07, 6.45) is 3.02. The van der Waals surface area contributed by atoms with Gasteiger partial charge < -0.3 is 5.11 Å². The molecule has 2 nitrogen and oxygen atoms in total. The van der Waals surface area contributed by atoms with E-state index in [-0.39, 0.29) is 0 Å². The molecular weight excluding hydrogens is 176 g/mol. The van der Waals surface area contributed by atoms with Gasteiger partial charge in [0.15, 0.2) is 0 Å². The fourth-order valence-corrected chi connectivity index (χ4v) is 1.30. The lowest BCUT2D eigenvalue weighted by atomic mass is 10.0. The SMILES string of the molecule is CC/C=C(\Cc1ccccc1)C(=O)O. The minimum Gasteiger partial charge on any atom is -0.478 e. The van der Waals surface area contributed by atoms with Gasteiger partial charge in [0, 0.05) is 12.0 Å². The number of carbonyl (C=O) groups is 1. The van der Waals surface area contributed by atoms with Gasteiger partial charge in [0.2, 0.25) is 0 Å². The molecule has 0 fully saturated rings. The van der Waals surface area contributed by atoms with E-state index in [1.54, 1.807) is 6.08 Å². The van der Waals surface area contributed by atoms with Crippen LogP contribution in [0.3, 0.4) is 0 Å². The van der Waals surface area contributed by atoms with E-state index in [9.17, 15) is 4.79 Å². The van der Waals surface area contributed by atoms with Crippen molar-refractivity contribution in [2.45, 2.75) is 19.8 Å². The first-order valence-corrected chi connectivity index (χ1v) is 4.70. The van der Waals surface area contributed by atoms with Gasteiger partial charge in [-0.2, -0.15) is 0 Å². The van der Waals surface area contributed by atoms with Crippen molar-refractivity contribution < 1.29 is 9.90 Å². The predicted octanol–water partition coefficient (Wildman–Crippen LogP) is 2.65. The lowest BCUT2D eigenvalue weighted by Crippen LogP contribution is -2.03. The molecule has 74 valence electrons. The van der Waals surface area contributed by atoms with Crippen LogP contribution in [0.5, 0.6) is 0 Å². The zero-order valence-corrected chi connectivity index (χ0v) is 8.23. The molecule has 0 aliphatic carbocycles. The highest BCUT2D eigenvalue weighted by Crippen LogP contribution is 2.08. The number of hydrogen-bond acceptors (Lipinski definition) is 1. The molecule has 0 spiro atoms. The Morgan fingerprint density at radius 3 is 2.50 bits per heavy atom. The Balaban J connectivity index is 2.76. The van der Waals surface area contributed by atoms with Crippen molar-refractivity contribution in [2.24, 2.45) is 0 Å². The lowest BCUT2D eigenvalue weighted by Gasteiger charge is -2.01. The van der Waals surface area contributed by atoms with Crippen LogP contribution in [0.1, 0.15) is 18.9 Å². The molecule has 0 aliphatic rings. The van der Waals surface area contributed by atoms with Gasteiger partial charge in [-0.3, -0.25) is 0 Å². The molecule has 0 saturated heterocycles. The number of benzene rings is 1. The third-order valence-electron chi connectivity index (χ3n) is 1.96. The first-order valence-electron chi connectivity index (χ1n) is 4.70.